The fraction of sp³-hybridized carbons (Fsp3) is 0.333. The van der Waals surface area contributed by atoms with Crippen molar-refractivity contribution in [1.29, 1.82) is 0 Å². The average Bonchev–Trinajstić information content (AvgIpc) is 2.43. The summed E-state index contributed by atoms with van der Waals surface area (Å²) in [5.41, 5.74) is 3.92. The Labute approximate surface area is 127 Å². The van der Waals surface area contributed by atoms with Gasteiger partial charge in [-0.05, 0) is 49.6 Å². The molecule has 1 nitrogen and oxygen atoms in total. The van der Waals surface area contributed by atoms with E-state index in [-0.39, 0.29) is 0 Å². The summed E-state index contributed by atoms with van der Waals surface area (Å²) < 4.78 is 0. The maximum Gasteiger partial charge on any atom is 0.0409 e. The second-order valence-electron chi connectivity index (χ2n) is 5.25. The smallest absolute Gasteiger partial charge is 0.0409 e. The first-order valence-electron chi connectivity index (χ1n) is 7.23. The lowest BCUT2D eigenvalue weighted by atomic mass is 9.98. The van der Waals surface area contributed by atoms with Gasteiger partial charge in [-0.3, -0.25) is 0 Å². The molecular formula is C18H22ClN. The molecule has 0 saturated heterocycles. The second kappa shape index (κ2) is 7.47. The van der Waals surface area contributed by atoms with Crippen LogP contribution in [-0.2, 0) is 6.42 Å². The molecule has 0 fully saturated rings. The lowest BCUT2D eigenvalue weighted by Gasteiger charge is -2.19. The minimum atomic E-state index is 0.315. The van der Waals surface area contributed by atoms with Crippen LogP contribution in [0.25, 0.3) is 0 Å². The van der Waals surface area contributed by atoms with Crippen molar-refractivity contribution in [2.45, 2.75) is 32.7 Å². The van der Waals surface area contributed by atoms with E-state index < -0.39 is 0 Å². The third-order valence-corrected chi connectivity index (χ3v) is 3.65. The Bertz CT molecular complexity index is 551. The largest absolute Gasteiger partial charge is 0.310 e. The molecular weight excluding hydrogens is 266 g/mol. The number of hydrogen-bond donors (Lipinski definition) is 1. The van der Waals surface area contributed by atoms with Crippen LogP contribution in [0.5, 0.6) is 0 Å². The summed E-state index contributed by atoms with van der Waals surface area (Å²) in [7, 11) is 0. The summed E-state index contributed by atoms with van der Waals surface area (Å²) in [6.45, 7) is 5.34. The normalized spacial score (nSPS) is 12.3. The summed E-state index contributed by atoms with van der Waals surface area (Å²) in [5, 5.41) is 4.42. The number of aryl methyl sites for hydroxylation is 1. The molecule has 0 saturated carbocycles. The number of nitrogens with one attached hydrogen (secondary N) is 1. The highest BCUT2D eigenvalue weighted by Crippen LogP contribution is 2.22. The Kier molecular flexibility index (Phi) is 5.63. The molecule has 0 aliphatic heterocycles. The van der Waals surface area contributed by atoms with Gasteiger partial charge in [0.2, 0.25) is 0 Å². The van der Waals surface area contributed by atoms with Gasteiger partial charge in [-0.15, -0.1) is 0 Å². The molecule has 0 aliphatic rings. The highest BCUT2D eigenvalue weighted by atomic mass is 35.5. The Hall–Kier alpha value is -1.31. The Morgan fingerprint density at radius 3 is 2.60 bits per heavy atom. The molecule has 1 atom stereocenters. The van der Waals surface area contributed by atoms with Crippen LogP contribution < -0.4 is 5.32 Å². The van der Waals surface area contributed by atoms with Crippen LogP contribution in [0.2, 0.25) is 5.02 Å². The highest BCUT2D eigenvalue weighted by molar-refractivity contribution is 6.30. The molecule has 2 aromatic rings. The third kappa shape index (κ3) is 4.36. The molecule has 0 aromatic heterocycles. The number of rotatable bonds is 6. The van der Waals surface area contributed by atoms with Crippen LogP contribution in [0.1, 0.15) is 36.1 Å². The summed E-state index contributed by atoms with van der Waals surface area (Å²) in [4.78, 5) is 0. The van der Waals surface area contributed by atoms with Crippen LogP contribution in [0.3, 0.4) is 0 Å². The summed E-state index contributed by atoms with van der Waals surface area (Å²) in [5.74, 6) is 0. The minimum Gasteiger partial charge on any atom is -0.310 e. The van der Waals surface area contributed by atoms with Gasteiger partial charge in [0.05, 0.1) is 0 Å². The zero-order valence-electron chi connectivity index (χ0n) is 12.2. The molecule has 1 N–H and O–H groups in total. The number of halogens is 1. The van der Waals surface area contributed by atoms with Crippen molar-refractivity contribution in [2.75, 3.05) is 6.54 Å². The number of benzene rings is 2. The van der Waals surface area contributed by atoms with Crippen molar-refractivity contribution in [3.8, 4) is 0 Å². The predicted octanol–water partition coefficient (Wildman–Crippen LogP) is 4.93. The van der Waals surface area contributed by atoms with Gasteiger partial charge in [0.25, 0.3) is 0 Å². The third-order valence-electron chi connectivity index (χ3n) is 3.41. The fourth-order valence-electron chi connectivity index (χ4n) is 2.42. The lowest BCUT2D eigenvalue weighted by Crippen LogP contribution is -2.24. The maximum atomic E-state index is 6.12. The van der Waals surface area contributed by atoms with Gasteiger partial charge < -0.3 is 5.32 Å². The van der Waals surface area contributed by atoms with Crippen molar-refractivity contribution in [1.82, 2.24) is 5.32 Å². The van der Waals surface area contributed by atoms with Gasteiger partial charge in [0.15, 0.2) is 0 Å². The fourth-order valence-corrected chi connectivity index (χ4v) is 2.62. The molecule has 2 rings (SSSR count). The van der Waals surface area contributed by atoms with Crippen molar-refractivity contribution < 1.29 is 0 Å². The first-order valence-corrected chi connectivity index (χ1v) is 7.61. The van der Waals surface area contributed by atoms with Gasteiger partial charge in [-0.2, -0.15) is 0 Å². The van der Waals surface area contributed by atoms with Gasteiger partial charge in [0, 0.05) is 11.1 Å². The summed E-state index contributed by atoms with van der Waals surface area (Å²) >= 11 is 6.12. The minimum absolute atomic E-state index is 0.315. The summed E-state index contributed by atoms with van der Waals surface area (Å²) in [6.07, 6.45) is 2.12. The van der Waals surface area contributed by atoms with E-state index in [4.69, 9.17) is 11.6 Å². The van der Waals surface area contributed by atoms with Gasteiger partial charge >= 0.3 is 0 Å². The van der Waals surface area contributed by atoms with Gasteiger partial charge in [-0.1, -0.05) is 60.5 Å². The molecule has 0 spiro atoms. The molecule has 2 heteroatoms. The molecule has 0 radical (unpaired) electrons. The van der Waals surface area contributed by atoms with E-state index in [0.29, 0.717) is 6.04 Å². The topological polar surface area (TPSA) is 12.0 Å². The van der Waals surface area contributed by atoms with Crippen molar-refractivity contribution in [3.63, 3.8) is 0 Å². The first kappa shape index (κ1) is 15.1. The molecule has 0 aliphatic carbocycles. The van der Waals surface area contributed by atoms with Crippen LogP contribution in [-0.4, -0.2) is 6.54 Å². The van der Waals surface area contributed by atoms with Crippen molar-refractivity contribution in [3.05, 3.63) is 70.2 Å². The number of hydrogen-bond acceptors (Lipinski definition) is 1. The maximum absolute atomic E-state index is 6.12. The van der Waals surface area contributed by atoms with E-state index >= 15 is 0 Å². The first-order chi connectivity index (χ1) is 9.69. The predicted molar refractivity (Wildman–Crippen MR) is 87.4 cm³/mol. The molecule has 0 amide bonds. The van der Waals surface area contributed by atoms with E-state index in [1.54, 1.807) is 0 Å². The van der Waals surface area contributed by atoms with E-state index in [0.717, 1.165) is 24.4 Å². The van der Waals surface area contributed by atoms with E-state index in [1.165, 1.54) is 16.7 Å². The van der Waals surface area contributed by atoms with E-state index in [9.17, 15) is 0 Å². The van der Waals surface area contributed by atoms with Crippen LogP contribution >= 0.6 is 11.6 Å². The Balaban J connectivity index is 2.19. The van der Waals surface area contributed by atoms with Crippen molar-refractivity contribution >= 4 is 11.6 Å². The summed E-state index contributed by atoms with van der Waals surface area (Å²) in [6, 6.07) is 17.2. The standard InChI is InChI=1S/C18H22ClN/c1-3-10-20-18(16-8-5-9-17(19)13-16)12-15-7-4-6-14(2)11-15/h4-9,11,13,18,20H,3,10,12H2,1-2H3. The molecule has 2 aromatic carbocycles. The van der Waals surface area contributed by atoms with Crippen LogP contribution in [0, 0.1) is 6.92 Å². The molecule has 0 heterocycles. The van der Waals surface area contributed by atoms with Crippen molar-refractivity contribution in [2.24, 2.45) is 0 Å². The average molecular weight is 288 g/mol. The van der Waals surface area contributed by atoms with Crippen LogP contribution in [0.15, 0.2) is 48.5 Å². The monoisotopic (exact) mass is 287 g/mol. The quantitative estimate of drug-likeness (QED) is 0.794. The molecule has 20 heavy (non-hydrogen) atoms. The molecule has 106 valence electrons. The zero-order valence-corrected chi connectivity index (χ0v) is 13.0. The van der Waals surface area contributed by atoms with Crippen LogP contribution in [0.4, 0.5) is 0 Å². The van der Waals surface area contributed by atoms with E-state index in [2.05, 4.69) is 55.6 Å². The van der Waals surface area contributed by atoms with Gasteiger partial charge in [-0.25, -0.2) is 0 Å². The zero-order chi connectivity index (χ0) is 14.4. The Morgan fingerprint density at radius 1 is 1.10 bits per heavy atom. The Morgan fingerprint density at radius 2 is 1.90 bits per heavy atom. The molecule has 1 unspecified atom stereocenters. The lowest BCUT2D eigenvalue weighted by molar-refractivity contribution is 0.529. The highest BCUT2D eigenvalue weighted by Gasteiger charge is 2.12. The molecule has 0 bridgehead atoms. The second-order valence-corrected chi connectivity index (χ2v) is 5.69. The van der Waals surface area contributed by atoms with E-state index in [1.807, 2.05) is 12.1 Å². The SMILES string of the molecule is CCCNC(Cc1cccc(C)c1)c1cccc(Cl)c1. The van der Waals surface area contributed by atoms with Gasteiger partial charge in [0.1, 0.15) is 0 Å².